The summed E-state index contributed by atoms with van der Waals surface area (Å²) in [5.41, 5.74) is 4.82. The molecular formula is C22H24NO3+. The van der Waals surface area contributed by atoms with Crippen molar-refractivity contribution in [2.24, 2.45) is 0 Å². The van der Waals surface area contributed by atoms with Gasteiger partial charge in [-0.25, -0.2) is 4.79 Å². The number of ether oxygens (including phenoxy) is 1. The van der Waals surface area contributed by atoms with Crippen LogP contribution in [0.25, 0.3) is 11.0 Å². The molecular weight excluding hydrogens is 326 g/mol. The van der Waals surface area contributed by atoms with E-state index in [9.17, 15) is 4.79 Å². The second-order valence-corrected chi connectivity index (χ2v) is 7.07. The summed E-state index contributed by atoms with van der Waals surface area (Å²) in [6, 6.07) is 14.6. The molecule has 0 bridgehead atoms. The van der Waals surface area contributed by atoms with Gasteiger partial charge in [0.05, 0.1) is 0 Å². The number of rotatable bonds is 3. The van der Waals surface area contributed by atoms with Crippen LogP contribution >= 0.6 is 0 Å². The molecule has 0 spiro atoms. The van der Waals surface area contributed by atoms with Gasteiger partial charge in [0.25, 0.3) is 0 Å². The average molecular weight is 350 g/mol. The third-order valence-corrected chi connectivity index (χ3v) is 5.49. The Morgan fingerprint density at radius 3 is 2.69 bits per heavy atom. The van der Waals surface area contributed by atoms with E-state index in [0.29, 0.717) is 18.4 Å². The van der Waals surface area contributed by atoms with E-state index in [1.807, 2.05) is 13.0 Å². The van der Waals surface area contributed by atoms with E-state index in [-0.39, 0.29) is 5.63 Å². The Hall–Kier alpha value is -2.59. The first-order valence-corrected chi connectivity index (χ1v) is 9.20. The first-order valence-electron chi connectivity index (χ1n) is 9.20. The molecule has 1 aromatic heterocycles. The van der Waals surface area contributed by atoms with Gasteiger partial charge in [0, 0.05) is 28.1 Å². The standard InChI is InChI=1S/C22H23NO3/c1-4-16-11-20(24)26-22-14(2)21-18(10-19(16)22)12-23(13-25-21)15(3)17-8-6-5-7-9-17/h5-11,15H,4,12-13H2,1-3H3/p+1/t15-/m0/s1. The Morgan fingerprint density at radius 1 is 1.19 bits per heavy atom. The van der Waals surface area contributed by atoms with Crippen LogP contribution in [0.4, 0.5) is 0 Å². The second kappa shape index (κ2) is 6.61. The Labute approximate surface area is 153 Å². The zero-order valence-corrected chi connectivity index (χ0v) is 15.5. The van der Waals surface area contributed by atoms with Gasteiger partial charge < -0.3 is 9.15 Å². The van der Waals surface area contributed by atoms with Gasteiger partial charge in [-0.2, -0.15) is 0 Å². The number of fused-ring (bicyclic) bond motifs is 2. The van der Waals surface area contributed by atoms with E-state index < -0.39 is 0 Å². The molecule has 1 N–H and O–H groups in total. The molecule has 2 atom stereocenters. The van der Waals surface area contributed by atoms with Crippen molar-refractivity contribution in [2.75, 3.05) is 6.73 Å². The topological polar surface area (TPSA) is 43.9 Å². The molecule has 3 aromatic rings. The first kappa shape index (κ1) is 16.9. The normalized spacial score (nSPS) is 17.6. The number of quaternary nitrogens is 1. The summed E-state index contributed by atoms with van der Waals surface area (Å²) in [7, 11) is 0. The van der Waals surface area contributed by atoms with Gasteiger partial charge >= 0.3 is 5.63 Å². The smallest absolute Gasteiger partial charge is 0.336 e. The van der Waals surface area contributed by atoms with Crippen molar-refractivity contribution in [2.45, 2.75) is 39.8 Å². The predicted octanol–water partition coefficient (Wildman–Crippen LogP) is 3.16. The maximum atomic E-state index is 11.9. The Balaban J connectivity index is 1.76. The molecule has 134 valence electrons. The second-order valence-electron chi connectivity index (χ2n) is 7.07. The maximum absolute atomic E-state index is 11.9. The molecule has 26 heavy (non-hydrogen) atoms. The third-order valence-electron chi connectivity index (χ3n) is 5.49. The van der Waals surface area contributed by atoms with E-state index in [1.54, 1.807) is 6.07 Å². The molecule has 0 saturated heterocycles. The fourth-order valence-electron chi connectivity index (χ4n) is 3.91. The van der Waals surface area contributed by atoms with Crippen LogP contribution in [-0.2, 0) is 13.0 Å². The van der Waals surface area contributed by atoms with Crippen molar-refractivity contribution in [3.8, 4) is 5.75 Å². The van der Waals surface area contributed by atoms with Crippen molar-refractivity contribution in [1.29, 1.82) is 0 Å². The summed E-state index contributed by atoms with van der Waals surface area (Å²) < 4.78 is 11.6. The Bertz CT molecular complexity index is 1010. The molecule has 1 aliphatic rings. The molecule has 4 nitrogen and oxygen atoms in total. The largest absolute Gasteiger partial charge is 0.444 e. The predicted molar refractivity (Wildman–Crippen MR) is 102 cm³/mol. The quantitative estimate of drug-likeness (QED) is 0.738. The van der Waals surface area contributed by atoms with Crippen molar-refractivity contribution >= 4 is 11.0 Å². The number of nitrogens with one attached hydrogen (secondary N) is 1. The number of hydrogen-bond donors (Lipinski definition) is 1. The SMILES string of the molecule is CCc1cc(=O)oc2c(C)c3c(cc12)C[NH+]([C@@H](C)c1ccccc1)CO3. The van der Waals surface area contributed by atoms with Gasteiger partial charge in [0.2, 0.25) is 6.73 Å². The van der Waals surface area contributed by atoms with Crippen LogP contribution in [0.15, 0.2) is 51.7 Å². The fourth-order valence-corrected chi connectivity index (χ4v) is 3.91. The van der Waals surface area contributed by atoms with E-state index >= 15 is 0 Å². The van der Waals surface area contributed by atoms with Gasteiger partial charge in [0.15, 0.2) is 0 Å². The number of aryl methyl sites for hydroxylation is 2. The molecule has 1 unspecified atom stereocenters. The lowest BCUT2D eigenvalue weighted by Crippen LogP contribution is -3.12. The van der Waals surface area contributed by atoms with Crippen molar-refractivity contribution in [3.63, 3.8) is 0 Å². The highest BCUT2D eigenvalue weighted by Crippen LogP contribution is 2.33. The van der Waals surface area contributed by atoms with Gasteiger partial charge in [-0.05, 0) is 31.9 Å². The van der Waals surface area contributed by atoms with E-state index in [2.05, 4.69) is 44.2 Å². The molecule has 4 rings (SSSR count). The zero-order valence-electron chi connectivity index (χ0n) is 15.5. The van der Waals surface area contributed by atoms with Crippen LogP contribution in [0, 0.1) is 6.92 Å². The van der Waals surface area contributed by atoms with Crippen molar-refractivity contribution in [1.82, 2.24) is 0 Å². The molecule has 0 radical (unpaired) electrons. The number of hydrogen-bond acceptors (Lipinski definition) is 3. The molecule has 0 fully saturated rings. The molecule has 0 aliphatic carbocycles. The van der Waals surface area contributed by atoms with Crippen molar-refractivity contribution < 1.29 is 14.1 Å². The van der Waals surface area contributed by atoms with Gasteiger partial charge in [-0.3, -0.25) is 4.90 Å². The lowest BCUT2D eigenvalue weighted by atomic mass is 9.98. The molecule has 1 aliphatic heterocycles. The summed E-state index contributed by atoms with van der Waals surface area (Å²) in [5, 5.41) is 1.03. The minimum atomic E-state index is -0.293. The summed E-state index contributed by atoms with van der Waals surface area (Å²) in [5.74, 6) is 0.873. The number of benzene rings is 2. The maximum Gasteiger partial charge on any atom is 0.336 e. The molecule has 2 aromatic carbocycles. The van der Waals surface area contributed by atoms with Crippen LogP contribution in [0.2, 0.25) is 0 Å². The lowest BCUT2D eigenvalue weighted by Gasteiger charge is -2.31. The first-order chi connectivity index (χ1) is 12.6. The fraction of sp³-hybridized carbons (Fsp3) is 0.318. The van der Waals surface area contributed by atoms with Gasteiger partial charge in [-0.1, -0.05) is 37.3 Å². The summed E-state index contributed by atoms with van der Waals surface area (Å²) in [4.78, 5) is 13.2. The van der Waals surface area contributed by atoms with Crippen LogP contribution in [0.1, 0.15) is 42.1 Å². The highest BCUT2D eigenvalue weighted by Gasteiger charge is 2.29. The van der Waals surface area contributed by atoms with E-state index in [1.165, 1.54) is 16.0 Å². The summed E-state index contributed by atoms with van der Waals surface area (Å²) in [6.07, 6.45) is 0.804. The van der Waals surface area contributed by atoms with Gasteiger partial charge in [-0.15, -0.1) is 0 Å². The zero-order chi connectivity index (χ0) is 18.3. The van der Waals surface area contributed by atoms with Crippen LogP contribution in [-0.4, -0.2) is 6.73 Å². The Morgan fingerprint density at radius 2 is 1.96 bits per heavy atom. The summed E-state index contributed by atoms with van der Waals surface area (Å²) in [6.45, 7) is 7.78. The minimum absolute atomic E-state index is 0.293. The highest BCUT2D eigenvalue weighted by atomic mass is 16.5. The highest BCUT2D eigenvalue weighted by molar-refractivity contribution is 5.86. The van der Waals surface area contributed by atoms with E-state index in [4.69, 9.17) is 9.15 Å². The Kier molecular flexibility index (Phi) is 4.29. The van der Waals surface area contributed by atoms with Gasteiger partial charge in [0.1, 0.15) is 23.9 Å². The van der Waals surface area contributed by atoms with Crippen LogP contribution in [0.3, 0.4) is 0 Å². The van der Waals surface area contributed by atoms with Crippen molar-refractivity contribution in [3.05, 3.63) is 75.1 Å². The van der Waals surface area contributed by atoms with E-state index in [0.717, 1.165) is 35.2 Å². The lowest BCUT2D eigenvalue weighted by molar-refractivity contribution is -0.960. The molecule has 4 heteroatoms. The molecule has 0 amide bonds. The third kappa shape index (κ3) is 2.80. The minimum Gasteiger partial charge on any atom is -0.444 e. The average Bonchev–Trinajstić information content (AvgIpc) is 2.68. The van der Waals surface area contributed by atoms with Crippen LogP contribution in [0.5, 0.6) is 5.75 Å². The molecule has 2 heterocycles. The monoisotopic (exact) mass is 350 g/mol. The summed E-state index contributed by atoms with van der Waals surface area (Å²) >= 11 is 0. The van der Waals surface area contributed by atoms with Crippen LogP contribution < -0.4 is 15.3 Å². The molecule has 0 saturated carbocycles.